The second-order valence-corrected chi connectivity index (χ2v) is 4.22. The summed E-state index contributed by atoms with van der Waals surface area (Å²) in [5.41, 5.74) is 16.4. The highest BCUT2D eigenvalue weighted by atomic mass is 32.2. The standard InChI is InChI=1S/C9H11N7S/c10-6-2-1-5(3-13-6)17-4-7-14-8(11)16-9(12)15-7/h1-3H,4H2,(H2,10,13)(H4,11,12,14,15,16). The third kappa shape index (κ3) is 3.18. The number of pyridine rings is 1. The normalized spacial score (nSPS) is 10.4. The van der Waals surface area contributed by atoms with Gasteiger partial charge in [-0.15, -0.1) is 11.8 Å². The van der Waals surface area contributed by atoms with Gasteiger partial charge in [-0.1, -0.05) is 0 Å². The zero-order chi connectivity index (χ0) is 12.3. The van der Waals surface area contributed by atoms with Crippen LogP contribution < -0.4 is 17.2 Å². The molecule has 0 unspecified atom stereocenters. The van der Waals surface area contributed by atoms with Crippen LogP contribution in [0.25, 0.3) is 0 Å². The van der Waals surface area contributed by atoms with Crippen molar-refractivity contribution in [3.05, 3.63) is 24.2 Å². The van der Waals surface area contributed by atoms with Crippen LogP contribution >= 0.6 is 11.8 Å². The van der Waals surface area contributed by atoms with Gasteiger partial charge in [0.1, 0.15) is 11.6 Å². The first kappa shape index (κ1) is 11.4. The molecule has 7 nitrogen and oxygen atoms in total. The summed E-state index contributed by atoms with van der Waals surface area (Å²) < 4.78 is 0. The maximum atomic E-state index is 5.49. The summed E-state index contributed by atoms with van der Waals surface area (Å²) in [4.78, 5) is 16.6. The van der Waals surface area contributed by atoms with Crippen LogP contribution in [0.4, 0.5) is 17.7 Å². The summed E-state index contributed by atoms with van der Waals surface area (Å²) in [6.07, 6.45) is 1.69. The predicted molar refractivity (Wildman–Crippen MR) is 66.9 cm³/mol. The number of nitrogens with two attached hydrogens (primary N) is 3. The van der Waals surface area contributed by atoms with Crippen LogP contribution in [-0.4, -0.2) is 19.9 Å². The summed E-state index contributed by atoms with van der Waals surface area (Å²) in [5.74, 6) is 1.83. The Kier molecular flexibility index (Phi) is 3.24. The molecule has 0 fully saturated rings. The van der Waals surface area contributed by atoms with Crippen LogP contribution in [0.5, 0.6) is 0 Å². The summed E-state index contributed by atoms with van der Waals surface area (Å²) in [5, 5.41) is 0. The molecule has 2 aromatic rings. The van der Waals surface area contributed by atoms with E-state index in [0.29, 0.717) is 17.4 Å². The number of rotatable bonds is 3. The Morgan fingerprint density at radius 3 is 2.29 bits per heavy atom. The molecule has 0 amide bonds. The zero-order valence-electron chi connectivity index (χ0n) is 8.87. The van der Waals surface area contributed by atoms with E-state index in [-0.39, 0.29) is 11.9 Å². The van der Waals surface area contributed by atoms with Crippen molar-refractivity contribution >= 4 is 29.5 Å². The molecule has 0 saturated carbocycles. The minimum Gasteiger partial charge on any atom is -0.384 e. The molecular weight excluding hydrogens is 238 g/mol. The van der Waals surface area contributed by atoms with E-state index in [1.807, 2.05) is 6.07 Å². The van der Waals surface area contributed by atoms with Gasteiger partial charge in [0.25, 0.3) is 0 Å². The van der Waals surface area contributed by atoms with Gasteiger partial charge in [0.05, 0.1) is 5.75 Å². The lowest BCUT2D eigenvalue weighted by Crippen LogP contribution is -2.05. The Labute approximate surface area is 102 Å². The monoisotopic (exact) mass is 249 g/mol. The lowest BCUT2D eigenvalue weighted by molar-refractivity contribution is 0.987. The molecule has 17 heavy (non-hydrogen) atoms. The Bertz CT molecular complexity index is 493. The highest BCUT2D eigenvalue weighted by Crippen LogP contribution is 2.21. The number of anilines is 3. The van der Waals surface area contributed by atoms with Gasteiger partial charge < -0.3 is 17.2 Å². The summed E-state index contributed by atoms with van der Waals surface area (Å²) in [6, 6.07) is 3.61. The summed E-state index contributed by atoms with van der Waals surface area (Å²) in [7, 11) is 0. The highest BCUT2D eigenvalue weighted by molar-refractivity contribution is 7.98. The molecule has 0 aromatic carbocycles. The van der Waals surface area contributed by atoms with Crippen molar-refractivity contribution in [3.63, 3.8) is 0 Å². The first-order chi connectivity index (χ1) is 8.13. The first-order valence-electron chi connectivity index (χ1n) is 4.74. The second-order valence-electron chi connectivity index (χ2n) is 3.18. The highest BCUT2D eigenvalue weighted by Gasteiger charge is 2.03. The Morgan fingerprint density at radius 2 is 1.71 bits per heavy atom. The maximum Gasteiger partial charge on any atom is 0.225 e. The van der Waals surface area contributed by atoms with Crippen molar-refractivity contribution in [1.29, 1.82) is 0 Å². The molecule has 2 rings (SSSR count). The van der Waals surface area contributed by atoms with Crippen LogP contribution in [0.1, 0.15) is 5.82 Å². The van der Waals surface area contributed by atoms with Crippen LogP contribution in [-0.2, 0) is 5.75 Å². The van der Waals surface area contributed by atoms with Gasteiger partial charge in [0.2, 0.25) is 11.9 Å². The van der Waals surface area contributed by atoms with E-state index >= 15 is 0 Å². The van der Waals surface area contributed by atoms with Crippen molar-refractivity contribution in [3.8, 4) is 0 Å². The van der Waals surface area contributed by atoms with Crippen LogP contribution in [0.15, 0.2) is 23.2 Å². The minimum atomic E-state index is 0.128. The molecule has 0 bridgehead atoms. The number of nitrogens with zero attached hydrogens (tertiary/aromatic N) is 4. The first-order valence-corrected chi connectivity index (χ1v) is 5.72. The molecule has 8 heteroatoms. The fourth-order valence-electron chi connectivity index (χ4n) is 1.15. The molecular formula is C9H11N7S. The largest absolute Gasteiger partial charge is 0.384 e. The second kappa shape index (κ2) is 4.83. The van der Waals surface area contributed by atoms with Gasteiger partial charge >= 0.3 is 0 Å². The molecule has 2 aromatic heterocycles. The Morgan fingerprint density at radius 1 is 1.00 bits per heavy atom. The van der Waals surface area contributed by atoms with E-state index in [9.17, 15) is 0 Å². The van der Waals surface area contributed by atoms with Crippen molar-refractivity contribution in [2.45, 2.75) is 10.6 Å². The Balaban J connectivity index is 2.04. The van der Waals surface area contributed by atoms with E-state index in [0.717, 1.165) is 4.90 Å². The van der Waals surface area contributed by atoms with Gasteiger partial charge in [-0.25, -0.2) is 4.98 Å². The predicted octanol–water partition coefficient (Wildman–Crippen LogP) is 0.305. The van der Waals surface area contributed by atoms with Crippen LogP contribution in [0, 0.1) is 0 Å². The number of aromatic nitrogens is 4. The molecule has 88 valence electrons. The van der Waals surface area contributed by atoms with Gasteiger partial charge in [0.15, 0.2) is 0 Å². The zero-order valence-corrected chi connectivity index (χ0v) is 9.68. The average molecular weight is 249 g/mol. The summed E-state index contributed by atoms with van der Waals surface area (Å²) in [6.45, 7) is 0. The maximum absolute atomic E-state index is 5.49. The van der Waals surface area contributed by atoms with Gasteiger partial charge in [-0.3, -0.25) is 0 Å². The van der Waals surface area contributed by atoms with Gasteiger partial charge in [-0.05, 0) is 12.1 Å². The summed E-state index contributed by atoms with van der Waals surface area (Å²) >= 11 is 1.52. The van der Waals surface area contributed by atoms with Crippen LogP contribution in [0.3, 0.4) is 0 Å². The van der Waals surface area contributed by atoms with Gasteiger partial charge in [-0.2, -0.15) is 15.0 Å². The average Bonchev–Trinajstić information content (AvgIpc) is 2.27. The minimum absolute atomic E-state index is 0.128. The molecule has 0 spiro atoms. The molecule has 2 heterocycles. The molecule has 0 atom stereocenters. The Hall–Kier alpha value is -2.09. The SMILES string of the molecule is Nc1ccc(SCc2nc(N)nc(N)n2)cn1. The van der Waals surface area contributed by atoms with E-state index in [1.54, 1.807) is 12.3 Å². The molecule has 0 aliphatic carbocycles. The number of hydrogen-bond donors (Lipinski definition) is 3. The fraction of sp³-hybridized carbons (Fsp3) is 0.111. The van der Waals surface area contributed by atoms with Crippen molar-refractivity contribution in [2.75, 3.05) is 17.2 Å². The molecule has 0 radical (unpaired) electrons. The quantitative estimate of drug-likeness (QED) is 0.662. The van der Waals surface area contributed by atoms with E-state index in [4.69, 9.17) is 17.2 Å². The topological polar surface area (TPSA) is 130 Å². The smallest absolute Gasteiger partial charge is 0.225 e. The molecule has 0 aliphatic rings. The van der Waals surface area contributed by atoms with Gasteiger partial charge in [0, 0.05) is 11.1 Å². The number of hydrogen-bond acceptors (Lipinski definition) is 8. The lowest BCUT2D eigenvalue weighted by Gasteiger charge is -2.02. The number of nitrogen functional groups attached to an aromatic ring is 3. The molecule has 0 saturated heterocycles. The van der Waals surface area contributed by atoms with E-state index in [1.165, 1.54) is 11.8 Å². The number of thioether (sulfide) groups is 1. The van der Waals surface area contributed by atoms with E-state index < -0.39 is 0 Å². The third-order valence-electron chi connectivity index (χ3n) is 1.84. The lowest BCUT2D eigenvalue weighted by atomic mass is 10.5. The molecule has 6 N–H and O–H groups in total. The van der Waals surface area contributed by atoms with E-state index in [2.05, 4.69) is 19.9 Å². The van der Waals surface area contributed by atoms with Crippen LogP contribution in [0.2, 0.25) is 0 Å². The van der Waals surface area contributed by atoms with Crippen molar-refractivity contribution in [1.82, 2.24) is 19.9 Å². The molecule has 0 aliphatic heterocycles. The fourth-order valence-corrected chi connectivity index (χ4v) is 1.86. The van der Waals surface area contributed by atoms with Crippen molar-refractivity contribution in [2.24, 2.45) is 0 Å². The van der Waals surface area contributed by atoms with Crippen molar-refractivity contribution < 1.29 is 0 Å². The third-order valence-corrected chi connectivity index (χ3v) is 2.82.